The highest BCUT2D eigenvalue weighted by Crippen LogP contribution is 2.28. The van der Waals surface area contributed by atoms with E-state index in [0.717, 1.165) is 34.7 Å². The molecule has 5 rings (SSSR count). The van der Waals surface area contributed by atoms with Gasteiger partial charge in [-0.05, 0) is 68.8 Å². The summed E-state index contributed by atoms with van der Waals surface area (Å²) in [4.78, 5) is 22.0. The van der Waals surface area contributed by atoms with E-state index in [2.05, 4.69) is 41.5 Å². The van der Waals surface area contributed by atoms with Crippen molar-refractivity contribution in [2.24, 2.45) is 0 Å². The fourth-order valence-corrected chi connectivity index (χ4v) is 4.22. The molecule has 5 aromatic rings. The Hall–Kier alpha value is -4.45. The third kappa shape index (κ3) is 4.84. The Morgan fingerprint density at radius 2 is 1.64 bits per heavy atom. The number of rotatable bonds is 6. The lowest BCUT2D eigenvalue weighted by Gasteiger charge is -2.15. The van der Waals surface area contributed by atoms with Crippen molar-refractivity contribution in [3.63, 3.8) is 0 Å². The van der Waals surface area contributed by atoms with Crippen molar-refractivity contribution in [3.8, 4) is 17.1 Å². The van der Waals surface area contributed by atoms with Crippen LogP contribution >= 0.6 is 0 Å². The van der Waals surface area contributed by atoms with Crippen LogP contribution in [0.3, 0.4) is 0 Å². The molecular formula is C30H27N3O3. The van der Waals surface area contributed by atoms with Crippen molar-refractivity contribution < 1.29 is 9.15 Å². The second-order valence-corrected chi connectivity index (χ2v) is 8.89. The van der Waals surface area contributed by atoms with Crippen LogP contribution in [0.2, 0.25) is 0 Å². The molecule has 0 aliphatic rings. The quantitative estimate of drug-likeness (QED) is 0.300. The predicted octanol–water partition coefficient (Wildman–Crippen LogP) is 6.52. The van der Waals surface area contributed by atoms with Gasteiger partial charge in [0.1, 0.15) is 28.7 Å². The van der Waals surface area contributed by atoms with Gasteiger partial charge in [0.25, 0.3) is 0 Å². The molecule has 0 saturated heterocycles. The molecule has 6 heteroatoms. The number of hydrogen-bond donors (Lipinski definition) is 1. The summed E-state index contributed by atoms with van der Waals surface area (Å²) in [6.45, 7) is 6.00. The molecular weight excluding hydrogens is 450 g/mol. The fourth-order valence-electron chi connectivity index (χ4n) is 4.22. The van der Waals surface area contributed by atoms with Gasteiger partial charge in [-0.3, -0.25) is 4.79 Å². The second kappa shape index (κ2) is 9.66. The van der Waals surface area contributed by atoms with Crippen molar-refractivity contribution in [2.75, 3.05) is 12.4 Å². The number of benzene rings is 3. The summed E-state index contributed by atoms with van der Waals surface area (Å²) in [6.07, 6.45) is 0.736. The molecule has 0 radical (unpaired) electrons. The monoisotopic (exact) mass is 477 g/mol. The van der Waals surface area contributed by atoms with Crippen molar-refractivity contribution in [2.45, 2.75) is 27.2 Å². The molecule has 3 aromatic carbocycles. The van der Waals surface area contributed by atoms with Gasteiger partial charge in [0.2, 0.25) is 0 Å². The molecule has 0 bridgehead atoms. The maximum atomic E-state index is 12.7. The molecule has 6 nitrogen and oxygen atoms in total. The number of ether oxygens (including phenoxy) is 1. The summed E-state index contributed by atoms with van der Waals surface area (Å²) >= 11 is 0. The second-order valence-electron chi connectivity index (χ2n) is 8.89. The maximum Gasteiger partial charge on any atom is 0.193 e. The lowest BCUT2D eigenvalue weighted by Crippen LogP contribution is -2.06. The summed E-state index contributed by atoms with van der Waals surface area (Å²) in [5.41, 5.74) is 6.56. The first-order valence-electron chi connectivity index (χ1n) is 11.8. The van der Waals surface area contributed by atoms with Gasteiger partial charge in [0.15, 0.2) is 5.43 Å². The Morgan fingerprint density at radius 1 is 0.889 bits per heavy atom. The highest BCUT2D eigenvalue weighted by molar-refractivity contribution is 5.80. The molecule has 0 saturated carbocycles. The number of hydrogen-bond acceptors (Lipinski definition) is 6. The third-order valence-electron chi connectivity index (χ3n) is 6.19. The molecule has 0 spiro atoms. The number of nitrogens with zero attached hydrogens (tertiary/aromatic N) is 2. The van der Waals surface area contributed by atoms with Gasteiger partial charge in [-0.25, -0.2) is 9.97 Å². The average molecular weight is 478 g/mol. The number of methoxy groups -OCH3 is 1. The third-order valence-corrected chi connectivity index (χ3v) is 6.19. The van der Waals surface area contributed by atoms with Crippen LogP contribution in [0.5, 0.6) is 5.75 Å². The number of anilines is 2. The average Bonchev–Trinajstić information content (AvgIpc) is 2.87. The fraction of sp³-hybridized carbons (Fsp3) is 0.167. The summed E-state index contributed by atoms with van der Waals surface area (Å²) in [6, 6.07) is 23.0. The Bertz CT molecular complexity index is 1600. The van der Waals surface area contributed by atoms with Gasteiger partial charge in [-0.1, -0.05) is 29.8 Å². The van der Waals surface area contributed by atoms with Gasteiger partial charge in [-0.2, -0.15) is 0 Å². The Kier molecular flexibility index (Phi) is 6.25. The van der Waals surface area contributed by atoms with Crippen molar-refractivity contribution >= 4 is 22.5 Å². The van der Waals surface area contributed by atoms with Gasteiger partial charge in [0, 0.05) is 35.0 Å². The molecule has 0 unspecified atom stereocenters. The molecule has 2 heterocycles. The van der Waals surface area contributed by atoms with E-state index in [4.69, 9.17) is 14.1 Å². The molecule has 0 aliphatic carbocycles. The van der Waals surface area contributed by atoms with Crippen molar-refractivity contribution in [1.29, 1.82) is 0 Å². The van der Waals surface area contributed by atoms with E-state index in [1.54, 1.807) is 25.3 Å². The van der Waals surface area contributed by atoms with Crippen LogP contribution < -0.4 is 15.5 Å². The molecule has 0 fully saturated rings. The lowest BCUT2D eigenvalue weighted by molar-refractivity contribution is 0.415. The Morgan fingerprint density at radius 3 is 2.36 bits per heavy atom. The van der Waals surface area contributed by atoms with Gasteiger partial charge >= 0.3 is 0 Å². The molecule has 36 heavy (non-hydrogen) atoms. The highest BCUT2D eigenvalue weighted by atomic mass is 16.5. The van der Waals surface area contributed by atoms with Crippen molar-refractivity contribution in [1.82, 2.24) is 9.97 Å². The topological polar surface area (TPSA) is 77.2 Å². The van der Waals surface area contributed by atoms with Gasteiger partial charge in [-0.15, -0.1) is 0 Å². The number of nitrogens with one attached hydrogen (secondary N) is 1. The molecule has 0 amide bonds. The van der Waals surface area contributed by atoms with Crippen LogP contribution in [0.15, 0.2) is 82.0 Å². The van der Waals surface area contributed by atoms with Crippen LogP contribution in [0, 0.1) is 20.8 Å². The van der Waals surface area contributed by atoms with E-state index in [9.17, 15) is 4.79 Å². The van der Waals surface area contributed by atoms with Gasteiger partial charge in [0.05, 0.1) is 12.5 Å². The van der Waals surface area contributed by atoms with Crippen LogP contribution in [0.1, 0.15) is 28.2 Å². The Balaban J connectivity index is 1.43. The molecule has 0 aliphatic heterocycles. The van der Waals surface area contributed by atoms with E-state index >= 15 is 0 Å². The summed E-state index contributed by atoms with van der Waals surface area (Å²) in [5, 5.41) is 3.95. The van der Waals surface area contributed by atoms with E-state index in [1.807, 2.05) is 38.1 Å². The largest absolute Gasteiger partial charge is 0.497 e. The maximum absolute atomic E-state index is 12.7. The minimum Gasteiger partial charge on any atom is -0.497 e. The van der Waals surface area contributed by atoms with E-state index < -0.39 is 0 Å². The van der Waals surface area contributed by atoms with Crippen LogP contribution in [0.4, 0.5) is 11.5 Å². The zero-order valence-corrected chi connectivity index (χ0v) is 20.8. The molecule has 1 N–H and O–H groups in total. The molecule has 180 valence electrons. The smallest absolute Gasteiger partial charge is 0.193 e. The lowest BCUT2D eigenvalue weighted by atomic mass is 10.0. The number of fused-ring (bicyclic) bond motifs is 1. The van der Waals surface area contributed by atoms with Gasteiger partial charge < -0.3 is 14.5 Å². The first-order valence-corrected chi connectivity index (χ1v) is 11.8. The molecule has 0 atom stereocenters. The minimum atomic E-state index is -0.111. The normalized spacial score (nSPS) is 11.0. The van der Waals surface area contributed by atoms with Crippen LogP contribution in [0.25, 0.3) is 22.3 Å². The van der Waals surface area contributed by atoms with Crippen LogP contribution in [-0.2, 0) is 6.42 Å². The molecule has 2 aromatic heterocycles. The predicted molar refractivity (Wildman–Crippen MR) is 143 cm³/mol. The summed E-state index contributed by atoms with van der Waals surface area (Å²) in [7, 11) is 1.57. The van der Waals surface area contributed by atoms with Crippen LogP contribution in [-0.4, -0.2) is 17.1 Å². The number of aryl methyl sites for hydroxylation is 3. The zero-order valence-electron chi connectivity index (χ0n) is 20.8. The summed E-state index contributed by atoms with van der Waals surface area (Å²) < 4.78 is 11.2. The highest BCUT2D eigenvalue weighted by Gasteiger charge is 2.13. The van der Waals surface area contributed by atoms with E-state index in [1.165, 1.54) is 17.2 Å². The Labute approximate surface area is 209 Å². The number of aromatic nitrogens is 2. The first kappa shape index (κ1) is 23.3. The standard InChI is InChI=1S/C30H27N3O3/c1-18-5-7-21(8-6-18)15-25-19(2)31-20(3)32-30(25)33-23-11-9-22(10-12-23)29-17-27(34)26-16-24(35-4)13-14-28(26)36-29/h5-14,16-17H,15H2,1-4H3,(H,31,32,33). The summed E-state index contributed by atoms with van der Waals surface area (Å²) in [5.74, 6) is 2.64. The first-order chi connectivity index (χ1) is 17.4. The van der Waals surface area contributed by atoms with E-state index in [-0.39, 0.29) is 5.43 Å². The van der Waals surface area contributed by atoms with Crippen molar-refractivity contribution in [3.05, 3.63) is 111 Å². The van der Waals surface area contributed by atoms with E-state index in [0.29, 0.717) is 28.3 Å². The SMILES string of the molecule is COc1ccc2oc(-c3ccc(Nc4nc(C)nc(C)c4Cc4ccc(C)cc4)cc3)cc(=O)c2c1. The minimum absolute atomic E-state index is 0.111. The zero-order chi connectivity index (χ0) is 25.2.